The number of amides is 1. The molecule has 0 saturated carbocycles. The molecular formula is C21H29FN4O5. The highest BCUT2D eigenvalue weighted by atomic mass is 19.1. The van der Waals surface area contributed by atoms with Crippen molar-refractivity contribution in [1.29, 1.82) is 0 Å². The number of nitrogens with zero attached hydrogens (tertiary/aromatic N) is 3. The molecule has 10 heteroatoms. The molecule has 1 amide bonds. The van der Waals surface area contributed by atoms with Gasteiger partial charge in [-0.1, -0.05) is 20.8 Å². The number of morpholine rings is 1. The predicted octanol–water partition coefficient (Wildman–Crippen LogP) is 2.19. The Bertz CT molecular complexity index is 936. The predicted molar refractivity (Wildman–Crippen MR) is 112 cm³/mol. The number of carbonyl (C=O) groups is 1. The Morgan fingerprint density at radius 3 is 2.84 bits per heavy atom. The van der Waals surface area contributed by atoms with Gasteiger partial charge in [0.05, 0.1) is 43.7 Å². The molecule has 1 fully saturated rings. The summed E-state index contributed by atoms with van der Waals surface area (Å²) in [7, 11) is 1.46. The number of methoxy groups -OCH3 is 1. The Kier molecular flexibility index (Phi) is 6.93. The summed E-state index contributed by atoms with van der Waals surface area (Å²) in [6, 6.07) is 2.83. The standard InChI is InChI=1S/C21H29FN4O5/c1-21(2,3)19(25-20(28)29)15-11-26(7-8-31-15)10-14(27)17-12(22)9-23-13-5-6-16(30-4)24-18(13)17/h5-6,9,14-15,19,25,27H,7-8,10-11H2,1-4H3,(H,28,29). The largest absolute Gasteiger partial charge is 0.481 e. The Hall–Kier alpha value is -2.56. The molecule has 9 nitrogen and oxygen atoms in total. The molecular weight excluding hydrogens is 407 g/mol. The average Bonchev–Trinajstić information content (AvgIpc) is 2.70. The van der Waals surface area contributed by atoms with Gasteiger partial charge in [0.15, 0.2) is 0 Å². The fourth-order valence-electron chi connectivity index (χ4n) is 3.91. The zero-order valence-corrected chi connectivity index (χ0v) is 18.1. The second-order valence-electron chi connectivity index (χ2n) is 8.72. The van der Waals surface area contributed by atoms with Crippen molar-refractivity contribution in [2.45, 2.75) is 39.0 Å². The summed E-state index contributed by atoms with van der Waals surface area (Å²) in [6.07, 6.45) is -1.62. The van der Waals surface area contributed by atoms with E-state index in [-0.39, 0.29) is 23.0 Å². The van der Waals surface area contributed by atoms with Gasteiger partial charge in [-0.3, -0.25) is 9.88 Å². The van der Waals surface area contributed by atoms with Crippen LogP contribution in [0.25, 0.3) is 11.0 Å². The monoisotopic (exact) mass is 436 g/mol. The lowest BCUT2D eigenvalue weighted by Gasteiger charge is -2.42. The molecule has 170 valence electrons. The highest BCUT2D eigenvalue weighted by molar-refractivity contribution is 5.78. The molecule has 3 N–H and O–H groups in total. The second kappa shape index (κ2) is 9.29. The van der Waals surface area contributed by atoms with Crippen molar-refractivity contribution in [3.63, 3.8) is 0 Å². The Morgan fingerprint density at radius 1 is 1.45 bits per heavy atom. The second-order valence-corrected chi connectivity index (χ2v) is 8.72. The van der Waals surface area contributed by atoms with E-state index in [4.69, 9.17) is 9.47 Å². The number of aromatic nitrogens is 2. The number of aliphatic hydroxyl groups is 1. The lowest BCUT2D eigenvalue weighted by molar-refractivity contribution is -0.0719. The van der Waals surface area contributed by atoms with E-state index < -0.39 is 30.2 Å². The fourth-order valence-corrected chi connectivity index (χ4v) is 3.91. The highest BCUT2D eigenvalue weighted by Gasteiger charge is 2.37. The summed E-state index contributed by atoms with van der Waals surface area (Å²) in [5, 5.41) is 22.7. The summed E-state index contributed by atoms with van der Waals surface area (Å²) < 4.78 is 25.6. The van der Waals surface area contributed by atoms with Crippen LogP contribution in [0.1, 0.15) is 32.4 Å². The minimum absolute atomic E-state index is 0.0583. The number of β-amino-alcohol motifs (C(OH)–C–C–N with tert-alkyl or cyclic N) is 1. The number of pyridine rings is 2. The van der Waals surface area contributed by atoms with Crippen molar-refractivity contribution in [3.8, 4) is 5.88 Å². The van der Waals surface area contributed by atoms with Crippen LogP contribution in [0.2, 0.25) is 0 Å². The molecule has 3 heterocycles. The molecule has 3 rings (SSSR count). The number of carboxylic acid groups (broad SMARTS) is 1. The van der Waals surface area contributed by atoms with Gasteiger partial charge in [0, 0.05) is 31.3 Å². The third kappa shape index (κ3) is 5.38. The maximum absolute atomic E-state index is 14.6. The minimum Gasteiger partial charge on any atom is -0.481 e. The molecule has 1 aliphatic heterocycles. The molecule has 0 aliphatic carbocycles. The van der Waals surface area contributed by atoms with E-state index in [0.717, 1.165) is 6.20 Å². The van der Waals surface area contributed by atoms with Crippen molar-refractivity contribution in [1.82, 2.24) is 20.2 Å². The molecule has 3 atom stereocenters. The van der Waals surface area contributed by atoms with Crippen molar-refractivity contribution in [2.75, 3.05) is 33.4 Å². The van der Waals surface area contributed by atoms with Crippen LogP contribution in [0.4, 0.5) is 9.18 Å². The minimum atomic E-state index is -1.16. The van der Waals surface area contributed by atoms with Gasteiger partial charge in [-0.25, -0.2) is 14.2 Å². The zero-order chi connectivity index (χ0) is 22.8. The van der Waals surface area contributed by atoms with Gasteiger partial charge in [-0.15, -0.1) is 0 Å². The Labute approximate surface area is 180 Å². The van der Waals surface area contributed by atoms with Gasteiger partial charge >= 0.3 is 6.09 Å². The maximum Gasteiger partial charge on any atom is 0.404 e. The molecule has 0 bridgehead atoms. The first-order valence-corrected chi connectivity index (χ1v) is 10.1. The molecule has 0 aromatic carbocycles. The van der Waals surface area contributed by atoms with Crippen LogP contribution in [0, 0.1) is 11.2 Å². The van der Waals surface area contributed by atoms with Crippen LogP contribution >= 0.6 is 0 Å². The summed E-state index contributed by atoms with van der Waals surface area (Å²) in [5.41, 5.74) is 0.382. The summed E-state index contributed by atoms with van der Waals surface area (Å²) in [5.74, 6) is -0.349. The highest BCUT2D eigenvalue weighted by Crippen LogP contribution is 2.29. The van der Waals surface area contributed by atoms with Crippen molar-refractivity contribution < 1.29 is 28.9 Å². The number of rotatable bonds is 6. The number of halogens is 1. The van der Waals surface area contributed by atoms with Gasteiger partial charge in [0.25, 0.3) is 0 Å². The molecule has 2 aromatic rings. The van der Waals surface area contributed by atoms with E-state index >= 15 is 0 Å². The lowest BCUT2D eigenvalue weighted by Crippen LogP contribution is -2.58. The molecule has 31 heavy (non-hydrogen) atoms. The first-order chi connectivity index (χ1) is 14.6. The lowest BCUT2D eigenvalue weighted by atomic mass is 9.82. The van der Waals surface area contributed by atoms with E-state index in [1.54, 1.807) is 12.1 Å². The van der Waals surface area contributed by atoms with Crippen molar-refractivity contribution >= 4 is 17.1 Å². The zero-order valence-electron chi connectivity index (χ0n) is 18.1. The average molecular weight is 436 g/mol. The molecule has 0 spiro atoms. The maximum atomic E-state index is 14.6. The fraction of sp³-hybridized carbons (Fsp3) is 0.571. The van der Waals surface area contributed by atoms with E-state index in [1.165, 1.54) is 7.11 Å². The number of hydrogen-bond acceptors (Lipinski definition) is 7. The van der Waals surface area contributed by atoms with Crippen LogP contribution in [-0.2, 0) is 4.74 Å². The Balaban J connectivity index is 1.81. The van der Waals surface area contributed by atoms with Crippen molar-refractivity contribution in [3.05, 3.63) is 29.7 Å². The van der Waals surface area contributed by atoms with Crippen molar-refractivity contribution in [2.24, 2.45) is 5.41 Å². The molecule has 1 saturated heterocycles. The summed E-state index contributed by atoms with van der Waals surface area (Å²) in [4.78, 5) is 21.5. The summed E-state index contributed by atoms with van der Waals surface area (Å²) >= 11 is 0. The van der Waals surface area contributed by atoms with E-state index in [9.17, 15) is 19.4 Å². The smallest absolute Gasteiger partial charge is 0.404 e. The first-order valence-electron chi connectivity index (χ1n) is 10.1. The number of aliphatic hydroxyl groups excluding tert-OH is 1. The number of nitrogens with one attached hydrogen (secondary N) is 1. The number of hydrogen-bond donors (Lipinski definition) is 3. The van der Waals surface area contributed by atoms with Crippen LogP contribution in [0.5, 0.6) is 5.88 Å². The van der Waals surface area contributed by atoms with E-state index in [2.05, 4.69) is 15.3 Å². The quantitative estimate of drug-likeness (QED) is 0.631. The SMILES string of the molecule is COc1ccc2ncc(F)c(C(O)CN3CCOC(C(NC(=O)O)C(C)(C)C)C3)c2n1. The first kappa shape index (κ1) is 23.1. The van der Waals surface area contributed by atoms with Gasteiger partial charge in [-0.05, 0) is 11.5 Å². The normalized spacial score (nSPS) is 19.7. The van der Waals surface area contributed by atoms with Gasteiger partial charge in [0.1, 0.15) is 11.3 Å². The van der Waals surface area contributed by atoms with Crippen LogP contribution in [0.15, 0.2) is 18.3 Å². The summed E-state index contributed by atoms with van der Waals surface area (Å²) in [6.45, 7) is 7.22. The molecule has 0 radical (unpaired) electrons. The van der Waals surface area contributed by atoms with Crippen LogP contribution in [0.3, 0.4) is 0 Å². The van der Waals surface area contributed by atoms with Gasteiger partial charge < -0.3 is 25.0 Å². The van der Waals surface area contributed by atoms with E-state index in [1.807, 2.05) is 25.7 Å². The van der Waals surface area contributed by atoms with Crippen LogP contribution in [-0.4, -0.2) is 76.7 Å². The number of fused-ring (bicyclic) bond motifs is 1. The Morgan fingerprint density at radius 2 is 2.19 bits per heavy atom. The van der Waals surface area contributed by atoms with Crippen LogP contribution < -0.4 is 10.1 Å². The topological polar surface area (TPSA) is 117 Å². The molecule has 2 aromatic heterocycles. The molecule has 3 unspecified atom stereocenters. The van der Waals surface area contributed by atoms with Gasteiger partial charge in [-0.2, -0.15) is 0 Å². The molecule has 1 aliphatic rings. The number of ether oxygens (including phenoxy) is 2. The third-order valence-electron chi connectivity index (χ3n) is 5.41. The van der Waals surface area contributed by atoms with E-state index in [0.29, 0.717) is 31.1 Å². The van der Waals surface area contributed by atoms with Gasteiger partial charge in [0.2, 0.25) is 5.88 Å². The third-order valence-corrected chi connectivity index (χ3v) is 5.41.